The molecule has 1 saturated heterocycles. The van der Waals surface area contributed by atoms with E-state index in [1.165, 1.54) is 0 Å². The largest absolute Gasteiger partial charge is 0.383 e. The summed E-state index contributed by atoms with van der Waals surface area (Å²) in [6, 6.07) is 7.40. The second kappa shape index (κ2) is 9.50. The van der Waals surface area contributed by atoms with E-state index in [1.54, 1.807) is 12.0 Å². The first-order valence-corrected chi connectivity index (χ1v) is 7.49. The molecule has 0 aliphatic carbocycles. The van der Waals surface area contributed by atoms with Gasteiger partial charge in [-0.1, -0.05) is 17.7 Å². The van der Waals surface area contributed by atoms with Crippen molar-refractivity contribution in [1.82, 2.24) is 10.6 Å². The Labute approximate surface area is 143 Å². The standard InChI is InChI=1S/C16H23N3O3.ClH/c1-12-3-5-13(6-4-12)19-9-7-14(16(19)21)18-15(20)11-17-8-10-22-2;/h3-6,14,17H,7-11H2,1-2H3,(H,18,20);1H. The number of anilines is 1. The van der Waals surface area contributed by atoms with Crippen molar-refractivity contribution in [1.29, 1.82) is 0 Å². The van der Waals surface area contributed by atoms with Gasteiger partial charge in [-0.25, -0.2) is 0 Å². The molecule has 1 unspecified atom stereocenters. The zero-order valence-electron chi connectivity index (χ0n) is 13.5. The molecular formula is C16H24ClN3O3. The number of carbonyl (C=O) groups excluding carboxylic acids is 2. The minimum absolute atomic E-state index is 0. The van der Waals surface area contributed by atoms with Crippen molar-refractivity contribution in [3.05, 3.63) is 29.8 Å². The summed E-state index contributed by atoms with van der Waals surface area (Å²) in [7, 11) is 1.61. The number of carbonyl (C=O) groups is 2. The van der Waals surface area contributed by atoms with E-state index in [-0.39, 0.29) is 30.8 Å². The highest BCUT2D eigenvalue weighted by Gasteiger charge is 2.33. The zero-order chi connectivity index (χ0) is 15.9. The summed E-state index contributed by atoms with van der Waals surface area (Å²) in [6.07, 6.45) is 0.635. The van der Waals surface area contributed by atoms with Crippen molar-refractivity contribution < 1.29 is 14.3 Å². The monoisotopic (exact) mass is 341 g/mol. The van der Waals surface area contributed by atoms with Crippen molar-refractivity contribution in [2.45, 2.75) is 19.4 Å². The van der Waals surface area contributed by atoms with Crippen LogP contribution in [0.1, 0.15) is 12.0 Å². The van der Waals surface area contributed by atoms with Crippen molar-refractivity contribution in [2.75, 3.05) is 38.3 Å². The molecule has 6 nitrogen and oxygen atoms in total. The zero-order valence-corrected chi connectivity index (χ0v) is 14.3. The van der Waals surface area contributed by atoms with Crippen LogP contribution in [0.15, 0.2) is 24.3 Å². The average molecular weight is 342 g/mol. The van der Waals surface area contributed by atoms with Gasteiger partial charge in [-0.2, -0.15) is 0 Å². The Hall–Kier alpha value is -1.63. The number of rotatable bonds is 7. The lowest BCUT2D eigenvalue weighted by atomic mass is 10.2. The minimum Gasteiger partial charge on any atom is -0.383 e. The van der Waals surface area contributed by atoms with Crippen LogP contribution in [0.25, 0.3) is 0 Å². The molecule has 0 radical (unpaired) electrons. The fourth-order valence-corrected chi connectivity index (χ4v) is 2.42. The molecule has 1 aromatic carbocycles. The number of ether oxygens (including phenoxy) is 1. The van der Waals surface area contributed by atoms with Crippen LogP contribution in [0.3, 0.4) is 0 Å². The van der Waals surface area contributed by atoms with Crippen LogP contribution in [0.4, 0.5) is 5.69 Å². The van der Waals surface area contributed by atoms with Crippen molar-refractivity contribution in [2.24, 2.45) is 0 Å². The third-order valence-electron chi connectivity index (χ3n) is 3.65. The number of nitrogens with zero attached hydrogens (tertiary/aromatic N) is 1. The van der Waals surface area contributed by atoms with Gasteiger partial charge in [0.2, 0.25) is 11.8 Å². The molecule has 7 heteroatoms. The Bertz CT molecular complexity index is 522. The van der Waals surface area contributed by atoms with Crippen molar-refractivity contribution >= 4 is 29.9 Å². The Balaban J connectivity index is 0.00000264. The van der Waals surface area contributed by atoms with E-state index in [4.69, 9.17) is 4.74 Å². The maximum Gasteiger partial charge on any atom is 0.249 e. The molecule has 1 aromatic rings. The highest BCUT2D eigenvalue weighted by atomic mass is 35.5. The number of benzene rings is 1. The number of methoxy groups -OCH3 is 1. The van der Waals surface area contributed by atoms with Gasteiger partial charge in [-0.3, -0.25) is 9.59 Å². The van der Waals surface area contributed by atoms with E-state index in [1.807, 2.05) is 31.2 Å². The second-order valence-electron chi connectivity index (χ2n) is 5.40. The van der Waals surface area contributed by atoms with Gasteiger partial charge >= 0.3 is 0 Å². The summed E-state index contributed by atoms with van der Waals surface area (Å²) in [4.78, 5) is 25.9. The van der Waals surface area contributed by atoms with Crippen LogP contribution in [-0.2, 0) is 14.3 Å². The molecule has 0 saturated carbocycles. The number of aryl methyl sites for hydroxylation is 1. The van der Waals surface area contributed by atoms with E-state index in [0.29, 0.717) is 26.1 Å². The molecule has 2 amide bonds. The van der Waals surface area contributed by atoms with E-state index in [0.717, 1.165) is 11.3 Å². The molecule has 1 aliphatic heterocycles. The first kappa shape index (κ1) is 19.4. The lowest BCUT2D eigenvalue weighted by Crippen LogP contribution is -2.45. The van der Waals surface area contributed by atoms with Crippen molar-refractivity contribution in [3.63, 3.8) is 0 Å². The van der Waals surface area contributed by atoms with Crippen LogP contribution in [-0.4, -0.2) is 51.2 Å². The maximum atomic E-state index is 12.4. The fourth-order valence-electron chi connectivity index (χ4n) is 2.42. The quantitative estimate of drug-likeness (QED) is 0.722. The lowest BCUT2D eigenvalue weighted by molar-refractivity contribution is -0.125. The molecule has 1 fully saturated rings. The third-order valence-corrected chi connectivity index (χ3v) is 3.65. The van der Waals surface area contributed by atoms with E-state index < -0.39 is 6.04 Å². The van der Waals surface area contributed by atoms with E-state index in [2.05, 4.69) is 10.6 Å². The smallest absolute Gasteiger partial charge is 0.249 e. The van der Waals surface area contributed by atoms with Crippen LogP contribution >= 0.6 is 12.4 Å². The van der Waals surface area contributed by atoms with Crippen LogP contribution in [0, 0.1) is 6.92 Å². The summed E-state index contributed by atoms with van der Waals surface area (Å²) in [5.41, 5.74) is 2.04. The molecule has 0 spiro atoms. The van der Waals surface area contributed by atoms with E-state index in [9.17, 15) is 9.59 Å². The SMILES string of the molecule is COCCNCC(=O)NC1CCN(c2ccc(C)cc2)C1=O.Cl. The maximum absolute atomic E-state index is 12.4. The van der Waals surface area contributed by atoms with Gasteiger partial charge in [-0.05, 0) is 25.5 Å². The van der Waals surface area contributed by atoms with Gasteiger partial charge in [0.1, 0.15) is 6.04 Å². The molecule has 2 rings (SSSR count). The fraction of sp³-hybridized carbons (Fsp3) is 0.500. The van der Waals surface area contributed by atoms with Gasteiger partial charge in [0, 0.05) is 25.9 Å². The molecule has 1 atom stereocenters. The highest BCUT2D eigenvalue weighted by Crippen LogP contribution is 2.21. The third kappa shape index (κ3) is 5.49. The van der Waals surface area contributed by atoms with Crippen LogP contribution in [0.2, 0.25) is 0 Å². The predicted molar refractivity (Wildman–Crippen MR) is 92.1 cm³/mol. The van der Waals surface area contributed by atoms with Crippen LogP contribution in [0.5, 0.6) is 0 Å². The summed E-state index contributed by atoms with van der Waals surface area (Å²) in [6.45, 7) is 3.99. The van der Waals surface area contributed by atoms with Crippen molar-refractivity contribution in [3.8, 4) is 0 Å². The summed E-state index contributed by atoms with van der Waals surface area (Å²) < 4.78 is 4.89. The first-order chi connectivity index (χ1) is 10.6. The normalized spacial score (nSPS) is 17.0. The Morgan fingerprint density at radius 2 is 2.04 bits per heavy atom. The Morgan fingerprint density at radius 1 is 1.35 bits per heavy atom. The Kier molecular flexibility index (Phi) is 8.02. The highest BCUT2D eigenvalue weighted by molar-refractivity contribution is 6.01. The first-order valence-electron chi connectivity index (χ1n) is 7.49. The Morgan fingerprint density at radius 3 is 2.70 bits per heavy atom. The number of hydrogen-bond acceptors (Lipinski definition) is 4. The predicted octanol–water partition coefficient (Wildman–Crippen LogP) is 0.874. The van der Waals surface area contributed by atoms with Gasteiger partial charge in [-0.15, -0.1) is 12.4 Å². The van der Waals surface area contributed by atoms with Gasteiger partial charge < -0.3 is 20.3 Å². The topological polar surface area (TPSA) is 70.7 Å². The average Bonchev–Trinajstić information content (AvgIpc) is 2.86. The minimum atomic E-state index is -0.432. The molecule has 1 aliphatic rings. The number of amides is 2. The van der Waals surface area contributed by atoms with Gasteiger partial charge in [0.15, 0.2) is 0 Å². The van der Waals surface area contributed by atoms with E-state index >= 15 is 0 Å². The summed E-state index contributed by atoms with van der Waals surface area (Å²) in [5, 5.41) is 5.75. The molecule has 0 bridgehead atoms. The molecule has 2 N–H and O–H groups in total. The summed E-state index contributed by atoms with van der Waals surface area (Å²) >= 11 is 0. The lowest BCUT2D eigenvalue weighted by Gasteiger charge is -2.17. The summed E-state index contributed by atoms with van der Waals surface area (Å²) in [5.74, 6) is -0.214. The number of halogens is 1. The number of hydrogen-bond donors (Lipinski definition) is 2. The number of nitrogens with one attached hydrogen (secondary N) is 2. The van der Waals surface area contributed by atoms with Gasteiger partial charge in [0.25, 0.3) is 0 Å². The molecule has 23 heavy (non-hydrogen) atoms. The molecule has 1 heterocycles. The van der Waals surface area contributed by atoms with Gasteiger partial charge in [0.05, 0.1) is 13.2 Å². The molecule has 0 aromatic heterocycles. The second-order valence-corrected chi connectivity index (χ2v) is 5.40. The van der Waals surface area contributed by atoms with Crippen LogP contribution < -0.4 is 15.5 Å². The molecule has 128 valence electrons. The molecular weight excluding hydrogens is 318 g/mol.